The Balaban J connectivity index is 1.47. The van der Waals surface area contributed by atoms with Gasteiger partial charge in [-0.1, -0.05) is 12.8 Å². The van der Waals surface area contributed by atoms with E-state index in [1.807, 2.05) is 12.1 Å². The predicted octanol–water partition coefficient (Wildman–Crippen LogP) is 4.12. The second-order valence-corrected chi connectivity index (χ2v) is 7.13. The molecule has 26 heavy (non-hydrogen) atoms. The highest BCUT2D eigenvalue weighted by molar-refractivity contribution is 5.61. The predicted molar refractivity (Wildman–Crippen MR) is 102 cm³/mol. The summed E-state index contributed by atoms with van der Waals surface area (Å²) in [7, 11) is 1.69. The zero-order valence-corrected chi connectivity index (χ0v) is 15.3. The fourth-order valence-electron chi connectivity index (χ4n) is 3.81. The molecule has 0 radical (unpaired) electrons. The van der Waals surface area contributed by atoms with Crippen molar-refractivity contribution in [1.82, 2.24) is 0 Å². The number of pyridine rings is 2. The van der Waals surface area contributed by atoms with Gasteiger partial charge in [-0.25, -0.2) is 4.57 Å². The van der Waals surface area contributed by atoms with Gasteiger partial charge < -0.3 is 4.74 Å². The van der Waals surface area contributed by atoms with E-state index in [0.29, 0.717) is 0 Å². The van der Waals surface area contributed by atoms with Gasteiger partial charge in [-0.2, -0.15) is 4.57 Å². The van der Waals surface area contributed by atoms with Crippen molar-refractivity contribution in [3.8, 4) is 22.6 Å². The molecule has 0 aliphatic heterocycles. The summed E-state index contributed by atoms with van der Waals surface area (Å²) in [6, 6.07) is 16.9. The smallest absolute Gasteiger partial charge is 0.210 e. The minimum atomic E-state index is 0.867. The normalized spacial score (nSPS) is 14.5. The minimum absolute atomic E-state index is 0.867. The average Bonchev–Trinajstić information content (AvgIpc) is 3.22. The summed E-state index contributed by atoms with van der Waals surface area (Å²) in [5, 5.41) is 0. The van der Waals surface area contributed by atoms with Crippen LogP contribution in [0.4, 0.5) is 0 Å². The lowest BCUT2D eigenvalue weighted by molar-refractivity contribution is -0.703. The van der Waals surface area contributed by atoms with Crippen LogP contribution in [0.2, 0.25) is 0 Å². The van der Waals surface area contributed by atoms with Gasteiger partial charge in [0.1, 0.15) is 5.75 Å². The first-order chi connectivity index (χ1) is 12.8. The van der Waals surface area contributed by atoms with Crippen LogP contribution in [-0.4, -0.2) is 7.11 Å². The first-order valence-electron chi connectivity index (χ1n) is 9.47. The Morgan fingerprint density at radius 3 is 1.96 bits per heavy atom. The van der Waals surface area contributed by atoms with Gasteiger partial charge in [0.2, 0.25) is 5.69 Å². The van der Waals surface area contributed by atoms with Crippen LogP contribution >= 0.6 is 0 Å². The maximum absolute atomic E-state index is 5.22. The fraction of sp³-hybridized carbons (Fsp3) is 0.304. The Morgan fingerprint density at radius 1 is 0.808 bits per heavy atom. The van der Waals surface area contributed by atoms with Crippen LogP contribution in [0.3, 0.4) is 0 Å². The summed E-state index contributed by atoms with van der Waals surface area (Å²) >= 11 is 0. The lowest BCUT2D eigenvalue weighted by Gasteiger charge is -2.05. The number of hydrogen-bond donors (Lipinski definition) is 0. The molecule has 4 rings (SSSR count). The average molecular weight is 346 g/mol. The van der Waals surface area contributed by atoms with Gasteiger partial charge in [0, 0.05) is 42.3 Å². The highest BCUT2D eigenvalue weighted by atomic mass is 16.5. The Labute approximate surface area is 155 Å². The molecule has 1 aliphatic rings. The molecular weight excluding hydrogens is 320 g/mol. The van der Waals surface area contributed by atoms with Crippen molar-refractivity contribution < 1.29 is 13.9 Å². The van der Waals surface area contributed by atoms with Crippen LogP contribution in [0.5, 0.6) is 5.75 Å². The van der Waals surface area contributed by atoms with Crippen molar-refractivity contribution in [2.24, 2.45) is 5.92 Å². The molecule has 0 N–H and O–H groups in total. The topological polar surface area (TPSA) is 17.0 Å². The molecule has 0 atom stereocenters. The first kappa shape index (κ1) is 16.8. The van der Waals surface area contributed by atoms with Crippen molar-refractivity contribution in [1.29, 1.82) is 0 Å². The molecule has 1 saturated carbocycles. The van der Waals surface area contributed by atoms with E-state index in [4.69, 9.17) is 4.74 Å². The molecule has 2 heterocycles. The molecule has 132 valence electrons. The molecular formula is C23H26N2O+2. The summed E-state index contributed by atoms with van der Waals surface area (Å²) in [6.07, 6.45) is 14.2. The van der Waals surface area contributed by atoms with Crippen LogP contribution in [0.25, 0.3) is 16.8 Å². The van der Waals surface area contributed by atoms with E-state index >= 15 is 0 Å². The van der Waals surface area contributed by atoms with E-state index in [9.17, 15) is 0 Å². The van der Waals surface area contributed by atoms with Crippen molar-refractivity contribution in [2.75, 3.05) is 7.11 Å². The first-order valence-corrected chi connectivity index (χ1v) is 9.47. The number of methoxy groups -OCH3 is 1. The standard InChI is InChI=1S/C23H26N2O/c1-26-23-8-6-22(7-9-23)25-16-12-21(13-17-25)20-10-14-24(15-11-20)18-19-4-2-3-5-19/h6-17,19H,2-5,18H2,1H3/q+2. The fourth-order valence-corrected chi connectivity index (χ4v) is 3.81. The van der Waals surface area contributed by atoms with Crippen LogP contribution < -0.4 is 13.9 Å². The summed E-state index contributed by atoms with van der Waals surface area (Å²) in [6.45, 7) is 1.16. The van der Waals surface area contributed by atoms with Crippen molar-refractivity contribution in [2.45, 2.75) is 32.2 Å². The second kappa shape index (κ2) is 7.69. The molecule has 1 aromatic carbocycles. The molecule has 1 aliphatic carbocycles. The van der Waals surface area contributed by atoms with Crippen molar-refractivity contribution in [3.63, 3.8) is 0 Å². The molecule has 3 aromatic rings. The lowest BCUT2D eigenvalue weighted by Crippen LogP contribution is -2.35. The number of benzene rings is 1. The van der Waals surface area contributed by atoms with Gasteiger partial charge in [0.05, 0.1) is 7.11 Å². The van der Waals surface area contributed by atoms with E-state index in [0.717, 1.165) is 23.9 Å². The molecule has 3 nitrogen and oxygen atoms in total. The number of nitrogens with zero attached hydrogens (tertiary/aromatic N) is 2. The van der Waals surface area contributed by atoms with Gasteiger partial charge >= 0.3 is 0 Å². The Bertz CT molecular complexity index is 833. The third kappa shape index (κ3) is 3.77. The maximum Gasteiger partial charge on any atom is 0.210 e. The second-order valence-electron chi connectivity index (χ2n) is 7.13. The van der Waals surface area contributed by atoms with Gasteiger partial charge in [-0.3, -0.25) is 0 Å². The number of ether oxygens (including phenoxy) is 1. The van der Waals surface area contributed by atoms with Crippen molar-refractivity contribution >= 4 is 0 Å². The Morgan fingerprint density at radius 2 is 1.38 bits per heavy atom. The third-order valence-electron chi connectivity index (χ3n) is 5.37. The maximum atomic E-state index is 5.22. The van der Waals surface area contributed by atoms with E-state index in [-0.39, 0.29) is 0 Å². The molecule has 1 fully saturated rings. The van der Waals surface area contributed by atoms with Gasteiger partial charge in [0.15, 0.2) is 31.3 Å². The van der Waals surface area contributed by atoms with E-state index in [1.54, 1.807) is 7.11 Å². The van der Waals surface area contributed by atoms with Crippen LogP contribution in [-0.2, 0) is 6.54 Å². The van der Waals surface area contributed by atoms with Crippen LogP contribution in [0, 0.1) is 5.92 Å². The number of aromatic nitrogens is 2. The largest absolute Gasteiger partial charge is 0.497 e. The number of hydrogen-bond acceptors (Lipinski definition) is 1. The van der Waals surface area contributed by atoms with Crippen LogP contribution in [0.1, 0.15) is 25.7 Å². The summed E-state index contributed by atoms with van der Waals surface area (Å²) in [4.78, 5) is 0. The van der Waals surface area contributed by atoms with E-state index < -0.39 is 0 Å². The highest BCUT2D eigenvalue weighted by Crippen LogP contribution is 2.24. The monoisotopic (exact) mass is 346 g/mol. The summed E-state index contributed by atoms with van der Waals surface area (Å²) in [5.41, 5.74) is 3.62. The summed E-state index contributed by atoms with van der Waals surface area (Å²) < 4.78 is 9.67. The van der Waals surface area contributed by atoms with Crippen LogP contribution in [0.15, 0.2) is 73.3 Å². The molecule has 0 amide bonds. The van der Waals surface area contributed by atoms with E-state index in [1.165, 1.54) is 36.8 Å². The molecule has 0 unspecified atom stereocenters. The molecule has 0 bridgehead atoms. The molecule has 3 heteroatoms. The third-order valence-corrected chi connectivity index (χ3v) is 5.37. The quantitative estimate of drug-likeness (QED) is 0.635. The lowest BCUT2D eigenvalue weighted by atomic mass is 10.1. The highest BCUT2D eigenvalue weighted by Gasteiger charge is 2.19. The number of rotatable bonds is 5. The van der Waals surface area contributed by atoms with Gasteiger partial charge in [0.25, 0.3) is 0 Å². The zero-order chi connectivity index (χ0) is 17.8. The Hall–Kier alpha value is -2.68. The van der Waals surface area contributed by atoms with E-state index in [2.05, 4.69) is 70.3 Å². The van der Waals surface area contributed by atoms with Crippen molar-refractivity contribution in [3.05, 3.63) is 73.3 Å². The molecule has 2 aromatic heterocycles. The minimum Gasteiger partial charge on any atom is -0.497 e. The molecule has 0 spiro atoms. The summed E-state index contributed by atoms with van der Waals surface area (Å²) in [5.74, 6) is 1.74. The van der Waals surface area contributed by atoms with Gasteiger partial charge in [-0.05, 0) is 36.1 Å². The Kier molecular flexibility index (Phi) is 4.96. The zero-order valence-electron chi connectivity index (χ0n) is 15.3. The SMILES string of the molecule is COc1ccc(-[n+]2ccc(-c3cc[n+](CC4CCCC4)cc3)cc2)cc1. The molecule has 0 saturated heterocycles. The van der Waals surface area contributed by atoms with Gasteiger partial charge in [-0.15, -0.1) is 0 Å².